The molecule has 0 atom stereocenters. The van der Waals surface area contributed by atoms with Gasteiger partial charge >= 0.3 is 0 Å². The van der Waals surface area contributed by atoms with Gasteiger partial charge in [-0.05, 0) is 12.1 Å². The summed E-state index contributed by atoms with van der Waals surface area (Å²) in [5, 5.41) is 3.56. The molecule has 1 nitrogen and oxygen atoms in total. The summed E-state index contributed by atoms with van der Waals surface area (Å²) in [5.74, 6) is 1.41. The molecule has 0 unspecified atom stereocenters. The standard InChI is InChI=1S/C13H17N/c1-11-7-9-13(10-8-11)14-12-5-3-2-4-6-12/h2-6,13-14H,1,7-10H2. The smallest absolute Gasteiger partial charge is 0.0612 e. The summed E-state index contributed by atoms with van der Waals surface area (Å²) in [6, 6.07) is 11.1. The first-order valence-corrected chi connectivity index (χ1v) is 5.33. The quantitative estimate of drug-likeness (QED) is 0.699. The SMILES string of the molecule is [CH2-][C+]1CCC(Nc2ccccc2)CC1. The van der Waals surface area contributed by atoms with Crippen molar-refractivity contribution in [1.82, 2.24) is 0 Å². The van der Waals surface area contributed by atoms with Gasteiger partial charge in [-0.3, -0.25) is 0 Å². The zero-order chi connectivity index (χ0) is 9.80. The van der Waals surface area contributed by atoms with Gasteiger partial charge in [0.1, 0.15) is 0 Å². The van der Waals surface area contributed by atoms with Crippen molar-refractivity contribution in [3.8, 4) is 0 Å². The third kappa shape index (κ3) is 2.44. The van der Waals surface area contributed by atoms with Crippen LogP contribution in [0.15, 0.2) is 30.3 Å². The normalized spacial score (nSPS) is 18.2. The fourth-order valence-corrected chi connectivity index (χ4v) is 1.94. The van der Waals surface area contributed by atoms with Crippen molar-refractivity contribution in [2.75, 3.05) is 5.32 Å². The molecule has 1 aromatic carbocycles. The largest absolute Gasteiger partial charge is 0.382 e. The van der Waals surface area contributed by atoms with E-state index in [1.54, 1.807) is 0 Å². The monoisotopic (exact) mass is 187 g/mol. The van der Waals surface area contributed by atoms with Gasteiger partial charge in [-0.2, -0.15) is 0 Å². The van der Waals surface area contributed by atoms with Crippen molar-refractivity contribution in [1.29, 1.82) is 0 Å². The van der Waals surface area contributed by atoms with Gasteiger partial charge in [-0.15, -0.1) is 6.92 Å². The van der Waals surface area contributed by atoms with E-state index in [1.807, 2.05) is 6.07 Å². The highest BCUT2D eigenvalue weighted by atomic mass is 14.9. The van der Waals surface area contributed by atoms with Crippen molar-refractivity contribution in [2.45, 2.75) is 31.7 Å². The number of rotatable bonds is 2. The Hall–Kier alpha value is -1.11. The number of anilines is 1. The maximum Gasteiger partial charge on any atom is 0.0612 e. The molecule has 1 fully saturated rings. The molecule has 0 spiro atoms. The van der Waals surface area contributed by atoms with Crippen LogP contribution in [0.4, 0.5) is 5.69 Å². The first-order valence-electron chi connectivity index (χ1n) is 5.33. The Morgan fingerprint density at radius 1 is 1.14 bits per heavy atom. The van der Waals surface area contributed by atoms with Crippen LogP contribution in [-0.4, -0.2) is 6.04 Å². The van der Waals surface area contributed by atoms with E-state index in [1.165, 1.54) is 37.3 Å². The molecule has 2 rings (SSSR count). The van der Waals surface area contributed by atoms with Gasteiger partial charge in [0.15, 0.2) is 0 Å². The molecule has 1 saturated carbocycles. The molecule has 1 aliphatic rings. The Morgan fingerprint density at radius 3 is 2.43 bits per heavy atom. The third-order valence-corrected chi connectivity index (χ3v) is 2.84. The number of hydrogen-bond donors (Lipinski definition) is 1. The highest BCUT2D eigenvalue weighted by molar-refractivity contribution is 5.43. The van der Waals surface area contributed by atoms with Crippen molar-refractivity contribution >= 4 is 5.69 Å². The molecule has 1 aromatic rings. The van der Waals surface area contributed by atoms with Crippen LogP contribution in [-0.2, 0) is 0 Å². The summed E-state index contributed by atoms with van der Waals surface area (Å²) in [4.78, 5) is 0. The van der Waals surface area contributed by atoms with Crippen molar-refractivity contribution in [3.63, 3.8) is 0 Å². The van der Waals surface area contributed by atoms with Crippen molar-refractivity contribution < 1.29 is 0 Å². The fourth-order valence-electron chi connectivity index (χ4n) is 1.94. The minimum atomic E-state index is 0.642. The zero-order valence-electron chi connectivity index (χ0n) is 8.50. The van der Waals surface area contributed by atoms with E-state index in [-0.39, 0.29) is 0 Å². The highest BCUT2D eigenvalue weighted by Crippen LogP contribution is 2.26. The molecule has 0 heterocycles. The topological polar surface area (TPSA) is 12.0 Å². The zero-order valence-corrected chi connectivity index (χ0v) is 8.50. The van der Waals surface area contributed by atoms with Gasteiger partial charge in [0.2, 0.25) is 0 Å². The number of nitrogens with one attached hydrogen (secondary N) is 1. The second-order valence-electron chi connectivity index (χ2n) is 4.03. The van der Waals surface area contributed by atoms with Crippen LogP contribution in [0.25, 0.3) is 0 Å². The Kier molecular flexibility index (Phi) is 2.97. The lowest BCUT2D eigenvalue weighted by Crippen LogP contribution is -2.24. The summed E-state index contributed by atoms with van der Waals surface area (Å²) < 4.78 is 0. The maximum atomic E-state index is 4.03. The van der Waals surface area contributed by atoms with Crippen LogP contribution >= 0.6 is 0 Å². The maximum absolute atomic E-state index is 4.03. The number of benzene rings is 1. The van der Waals surface area contributed by atoms with Crippen molar-refractivity contribution in [2.24, 2.45) is 0 Å². The molecule has 74 valence electrons. The first kappa shape index (κ1) is 9.45. The molecule has 0 aromatic heterocycles. The Morgan fingerprint density at radius 2 is 1.79 bits per heavy atom. The third-order valence-electron chi connectivity index (χ3n) is 2.84. The fraction of sp³-hybridized carbons (Fsp3) is 0.385. The molecule has 0 radical (unpaired) electrons. The van der Waals surface area contributed by atoms with Gasteiger partial charge in [0, 0.05) is 24.6 Å². The Balaban J connectivity index is 1.87. The van der Waals surface area contributed by atoms with Gasteiger partial charge < -0.3 is 5.32 Å². The van der Waals surface area contributed by atoms with Gasteiger partial charge in [-0.25, -0.2) is 0 Å². The van der Waals surface area contributed by atoms with E-state index in [2.05, 4.69) is 36.5 Å². The first-order chi connectivity index (χ1) is 6.84. The van der Waals surface area contributed by atoms with Crippen LogP contribution < -0.4 is 5.32 Å². The summed E-state index contributed by atoms with van der Waals surface area (Å²) >= 11 is 0. The van der Waals surface area contributed by atoms with Gasteiger partial charge in [-0.1, -0.05) is 24.1 Å². The lowest BCUT2D eigenvalue weighted by molar-refractivity contribution is 0.506. The molecule has 0 saturated heterocycles. The van der Waals surface area contributed by atoms with E-state index in [0.717, 1.165) is 0 Å². The van der Waals surface area contributed by atoms with E-state index < -0.39 is 0 Å². The molecule has 14 heavy (non-hydrogen) atoms. The Bertz CT molecular complexity index is 260. The van der Waals surface area contributed by atoms with Crippen LogP contribution in [0.3, 0.4) is 0 Å². The van der Waals surface area contributed by atoms with Crippen LogP contribution in [0, 0.1) is 12.8 Å². The second kappa shape index (κ2) is 4.41. The predicted octanol–water partition coefficient (Wildman–Crippen LogP) is 3.45. The molecule has 1 N–H and O–H groups in total. The molecule has 0 amide bonds. The molecular weight excluding hydrogens is 170 g/mol. The van der Waals surface area contributed by atoms with Crippen LogP contribution in [0.5, 0.6) is 0 Å². The summed E-state index contributed by atoms with van der Waals surface area (Å²) in [6.07, 6.45) is 4.83. The van der Waals surface area contributed by atoms with E-state index >= 15 is 0 Å². The van der Waals surface area contributed by atoms with Gasteiger partial charge in [0.05, 0.1) is 12.8 Å². The summed E-state index contributed by atoms with van der Waals surface area (Å²) in [6.45, 7) is 4.03. The lowest BCUT2D eigenvalue weighted by Gasteiger charge is -2.25. The van der Waals surface area contributed by atoms with E-state index in [9.17, 15) is 0 Å². The minimum absolute atomic E-state index is 0.642. The van der Waals surface area contributed by atoms with E-state index in [0.29, 0.717) is 6.04 Å². The molecule has 1 heteroatoms. The molecule has 0 aliphatic heterocycles. The summed E-state index contributed by atoms with van der Waals surface area (Å²) in [7, 11) is 0. The number of para-hydroxylation sites is 1. The molecule has 0 bridgehead atoms. The van der Waals surface area contributed by atoms with Gasteiger partial charge in [0.25, 0.3) is 0 Å². The molecule has 1 aliphatic carbocycles. The van der Waals surface area contributed by atoms with Crippen LogP contribution in [0.2, 0.25) is 0 Å². The number of hydrogen-bond acceptors (Lipinski definition) is 1. The van der Waals surface area contributed by atoms with Crippen molar-refractivity contribution in [3.05, 3.63) is 43.2 Å². The summed E-state index contributed by atoms with van der Waals surface area (Å²) in [5.41, 5.74) is 1.24. The lowest BCUT2D eigenvalue weighted by atomic mass is 9.87. The second-order valence-corrected chi connectivity index (χ2v) is 4.03. The van der Waals surface area contributed by atoms with E-state index in [4.69, 9.17) is 0 Å². The highest BCUT2D eigenvalue weighted by Gasteiger charge is 2.20. The van der Waals surface area contributed by atoms with Crippen LogP contribution in [0.1, 0.15) is 25.7 Å². The minimum Gasteiger partial charge on any atom is -0.382 e. The predicted molar refractivity (Wildman–Crippen MR) is 60.9 cm³/mol. The average Bonchev–Trinajstić information content (AvgIpc) is 2.23. The molecular formula is C13H17N. The Labute approximate surface area is 86.5 Å². The average molecular weight is 187 g/mol.